The highest BCUT2D eigenvalue weighted by atomic mass is 32.1. The number of thiophene rings is 1. The van der Waals surface area contributed by atoms with E-state index in [1.165, 1.54) is 17.5 Å². The number of rotatable bonds is 3. The topological polar surface area (TPSA) is 108 Å². The van der Waals surface area contributed by atoms with Gasteiger partial charge in [-0.2, -0.15) is 0 Å². The number of fused-ring (bicyclic) bond motifs is 1. The Kier molecular flexibility index (Phi) is 3.84. The van der Waals surface area contributed by atoms with Crippen molar-refractivity contribution in [3.05, 3.63) is 35.0 Å². The second-order valence-corrected chi connectivity index (χ2v) is 7.41. The van der Waals surface area contributed by atoms with E-state index in [0.717, 1.165) is 4.88 Å². The van der Waals surface area contributed by atoms with E-state index in [9.17, 15) is 14.7 Å². The quantitative estimate of drug-likeness (QED) is 0.677. The van der Waals surface area contributed by atoms with Crippen molar-refractivity contribution in [3.8, 4) is 10.6 Å². The Balaban J connectivity index is 1.95. The van der Waals surface area contributed by atoms with Crippen molar-refractivity contribution in [2.45, 2.75) is 26.3 Å². The van der Waals surface area contributed by atoms with E-state index in [2.05, 4.69) is 20.3 Å². The normalized spacial score (nSPS) is 11.6. The Labute approximate surface area is 141 Å². The van der Waals surface area contributed by atoms with Crippen LogP contribution in [0.1, 0.15) is 40.8 Å². The number of hydrogen-bond donors (Lipinski definition) is 3. The van der Waals surface area contributed by atoms with Crippen LogP contribution in [-0.2, 0) is 0 Å². The third-order valence-electron chi connectivity index (χ3n) is 3.18. The largest absolute Gasteiger partial charge is 0.478 e. The fourth-order valence-electron chi connectivity index (χ4n) is 2.17. The molecule has 124 valence electrons. The van der Waals surface area contributed by atoms with Crippen molar-refractivity contribution in [3.63, 3.8) is 0 Å². The molecule has 0 radical (unpaired) electrons. The lowest BCUT2D eigenvalue weighted by Crippen LogP contribution is -2.40. The van der Waals surface area contributed by atoms with E-state index in [1.807, 2.05) is 20.8 Å². The van der Waals surface area contributed by atoms with Gasteiger partial charge >= 0.3 is 5.97 Å². The molecule has 0 aliphatic rings. The summed E-state index contributed by atoms with van der Waals surface area (Å²) < 4.78 is 0. The summed E-state index contributed by atoms with van der Waals surface area (Å²) in [6.07, 6.45) is 2.93. The fraction of sp³-hybridized carbons (Fsp3) is 0.250. The van der Waals surface area contributed by atoms with Gasteiger partial charge in [-0.3, -0.25) is 4.79 Å². The van der Waals surface area contributed by atoms with Crippen LogP contribution in [0, 0.1) is 0 Å². The first-order chi connectivity index (χ1) is 11.2. The number of nitrogens with zero attached hydrogens (tertiary/aromatic N) is 2. The van der Waals surface area contributed by atoms with Crippen molar-refractivity contribution in [1.29, 1.82) is 0 Å². The average molecular weight is 344 g/mol. The summed E-state index contributed by atoms with van der Waals surface area (Å²) >= 11 is 1.29. The highest BCUT2D eigenvalue weighted by Crippen LogP contribution is 2.28. The van der Waals surface area contributed by atoms with Gasteiger partial charge in [-0.1, -0.05) is 0 Å². The zero-order chi connectivity index (χ0) is 17.5. The summed E-state index contributed by atoms with van der Waals surface area (Å²) in [5, 5.41) is 12.1. The number of aromatic carboxylic acids is 1. The number of carbonyl (C=O) groups is 2. The fourth-order valence-corrected chi connectivity index (χ4v) is 3.03. The molecular formula is C16H16N4O3S. The Morgan fingerprint density at radius 1 is 1.29 bits per heavy atom. The molecule has 0 saturated heterocycles. The molecule has 1 amide bonds. The second kappa shape index (κ2) is 5.72. The van der Waals surface area contributed by atoms with Crippen LogP contribution in [-0.4, -0.2) is 37.5 Å². The summed E-state index contributed by atoms with van der Waals surface area (Å²) in [5.74, 6) is -1.22. The van der Waals surface area contributed by atoms with Crippen LogP contribution in [0.15, 0.2) is 24.5 Å². The lowest BCUT2D eigenvalue weighted by Gasteiger charge is -2.19. The molecule has 3 N–H and O–H groups in total. The number of carboxylic acid groups (broad SMARTS) is 1. The van der Waals surface area contributed by atoms with Gasteiger partial charge in [0.1, 0.15) is 11.1 Å². The van der Waals surface area contributed by atoms with Gasteiger partial charge in [-0.25, -0.2) is 14.8 Å². The monoisotopic (exact) mass is 344 g/mol. The maximum Gasteiger partial charge on any atom is 0.339 e. The van der Waals surface area contributed by atoms with Gasteiger partial charge in [0.15, 0.2) is 5.65 Å². The number of nitrogens with one attached hydrogen (secondary N) is 2. The molecule has 3 rings (SSSR count). The molecule has 3 aromatic rings. The minimum atomic E-state index is -1.07. The number of carboxylic acids is 1. The van der Waals surface area contributed by atoms with Gasteiger partial charge in [0.25, 0.3) is 5.91 Å². The van der Waals surface area contributed by atoms with Crippen molar-refractivity contribution < 1.29 is 14.7 Å². The SMILES string of the molecule is CC(C)(C)NC(=O)c1ccc(-c2cnc3[nH]cc(C(=O)O)c3n2)s1. The van der Waals surface area contributed by atoms with Crippen LogP contribution in [0.3, 0.4) is 0 Å². The molecule has 0 aliphatic carbocycles. The van der Waals surface area contributed by atoms with Gasteiger partial charge in [-0.15, -0.1) is 11.3 Å². The molecule has 0 bridgehead atoms. The molecule has 0 spiro atoms. The van der Waals surface area contributed by atoms with E-state index >= 15 is 0 Å². The van der Waals surface area contributed by atoms with Crippen LogP contribution in [0.2, 0.25) is 0 Å². The summed E-state index contributed by atoms with van der Waals surface area (Å²) in [7, 11) is 0. The Morgan fingerprint density at radius 2 is 2.04 bits per heavy atom. The first-order valence-electron chi connectivity index (χ1n) is 7.25. The Morgan fingerprint density at radius 3 is 2.71 bits per heavy atom. The van der Waals surface area contributed by atoms with E-state index in [1.54, 1.807) is 18.3 Å². The van der Waals surface area contributed by atoms with Gasteiger partial charge < -0.3 is 15.4 Å². The first-order valence-corrected chi connectivity index (χ1v) is 8.06. The van der Waals surface area contributed by atoms with Crippen LogP contribution in [0.5, 0.6) is 0 Å². The van der Waals surface area contributed by atoms with Gasteiger partial charge in [-0.05, 0) is 32.9 Å². The van der Waals surface area contributed by atoms with Crippen LogP contribution in [0.4, 0.5) is 0 Å². The van der Waals surface area contributed by atoms with Crippen LogP contribution in [0.25, 0.3) is 21.7 Å². The summed E-state index contributed by atoms with van der Waals surface area (Å²) in [5.41, 5.74) is 1.00. The van der Waals surface area contributed by atoms with E-state index in [-0.39, 0.29) is 17.0 Å². The van der Waals surface area contributed by atoms with Crippen LogP contribution < -0.4 is 5.32 Å². The smallest absolute Gasteiger partial charge is 0.339 e. The molecule has 0 aromatic carbocycles. The molecule has 3 aromatic heterocycles. The Bertz CT molecular complexity index is 936. The van der Waals surface area contributed by atoms with Gasteiger partial charge in [0, 0.05) is 11.7 Å². The summed E-state index contributed by atoms with van der Waals surface area (Å²) in [6, 6.07) is 3.51. The molecule has 0 unspecified atom stereocenters. The van der Waals surface area contributed by atoms with E-state index in [0.29, 0.717) is 21.7 Å². The van der Waals surface area contributed by atoms with Crippen molar-refractivity contribution in [1.82, 2.24) is 20.3 Å². The zero-order valence-electron chi connectivity index (χ0n) is 13.4. The zero-order valence-corrected chi connectivity index (χ0v) is 14.2. The van der Waals surface area contributed by atoms with E-state index < -0.39 is 5.97 Å². The maximum absolute atomic E-state index is 12.2. The Hall–Kier alpha value is -2.74. The maximum atomic E-state index is 12.2. The number of hydrogen-bond acceptors (Lipinski definition) is 5. The number of aromatic nitrogens is 3. The van der Waals surface area contributed by atoms with Crippen molar-refractivity contribution in [2.24, 2.45) is 0 Å². The lowest BCUT2D eigenvalue weighted by molar-refractivity contribution is 0.0698. The second-order valence-electron chi connectivity index (χ2n) is 6.33. The van der Waals surface area contributed by atoms with Gasteiger partial charge in [0.2, 0.25) is 0 Å². The molecule has 3 heterocycles. The average Bonchev–Trinajstić information content (AvgIpc) is 3.11. The van der Waals surface area contributed by atoms with Crippen molar-refractivity contribution >= 4 is 34.4 Å². The molecule has 0 saturated carbocycles. The number of H-pyrrole nitrogens is 1. The highest BCUT2D eigenvalue weighted by Gasteiger charge is 2.18. The van der Waals surface area contributed by atoms with E-state index in [4.69, 9.17) is 0 Å². The first kappa shape index (κ1) is 16.1. The van der Waals surface area contributed by atoms with Crippen LogP contribution >= 0.6 is 11.3 Å². The highest BCUT2D eigenvalue weighted by molar-refractivity contribution is 7.17. The molecule has 0 aliphatic heterocycles. The number of amides is 1. The summed E-state index contributed by atoms with van der Waals surface area (Å²) in [4.78, 5) is 36.1. The molecular weight excluding hydrogens is 328 g/mol. The minimum absolute atomic E-state index is 0.0709. The number of carbonyl (C=O) groups excluding carboxylic acids is 1. The molecule has 0 atom stereocenters. The third-order valence-corrected chi connectivity index (χ3v) is 4.29. The molecule has 7 nitrogen and oxygen atoms in total. The third kappa shape index (κ3) is 3.13. The standard InChI is InChI=1S/C16H16N4O3S/c1-16(2,3)20-14(21)11-5-4-10(24-11)9-7-18-13-12(19-9)8(6-17-13)15(22)23/h4-7H,1-3H3,(H,17,18)(H,20,21)(H,22,23). The minimum Gasteiger partial charge on any atom is -0.478 e. The lowest BCUT2D eigenvalue weighted by atomic mass is 10.1. The van der Waals surface area contributed by atoms with Gasteiger partial charge in [0.05, 0.1) is 21.6 Å². The predicted molar refractivity (Wildman–Crippen MR) is 91.4 cm³/mol. The molecule has 0 fully saturated rings. The molecule has 24 heavy (non-hydrogen) atoms. The molecule has 8 heteroatoms. The summed E-state index contributed by atoms with van der Waals surface area (Å²) in [6.45, 7) is 5.74. The predicted octanol–water partition coefficient (Wildman–Crippen LogP) is 2.91. The van der Waals surface area contributed by atoms with Crippen molar-refractivity contribution in [2.75, 3.05) is 0 Å². The number of aromatic amines is 1.